The molecule has 0 saturated carbocycles. The third kappa shape index (κ3) is 2.70. The van der Waals surface area contributed by atoms with Crippen LogP contribution in [0, 0.1) is 5.82 Å². The fourth-order valence-electron chi connectivity index (χ4n) is 1.41. The summed E-state index contributed by atoms with van der Waals surface area (Å²) in [7, 11) is 3.65. The van der Waals surface area contributed by atoms with E-state index in [0.717, 1.165) is 5.56 Å². The summed E-state index contributed by atoms with van der Waals surface area (Å²) < 4.78 is 13.5. The lowest BCUT2D eigenvalue weighted by atomic mass is 10.1. The van der Waals surface area contributed by atoms with Crippen molar-refractivity contribution in [3.05, 3.63) is 29.6 Å². The second kappa shape index (κ2) is 4.42. The van der Waals surface area contributed by atoms with Crippen molar-refractivity contribution in [1.29, 1.82) is 0 Å². The molecule has 78 valence electrons. The molecule has 0 radical (unpaired) electrons. The summed E-state index contributed by atoms with van der Waals surface area (Å²) >= 11 is 0. The van der Waals surface area contributed by atoms with Crippen molar-refractivity contribution < 1.29 is 4.39 Å². The molecule has 0 heterocycles. The summed E-state index contributed by atoms with van der Waals surface area (Å²) in [5.41, 5.74) is 7.20. The Hall–Kier alpha value is -1.09. The minimum atomic E-state index is -0.187. The Morgan fingerprint density at radius 1 is 1.43 bits per heavy atom. The molecule has 1 atom stereocenters. The minimum absolute atomic E-state index is 0.0691. The number of nitrogens with zero attached hydrogens (tertiary/aromatic N) is 1. The van der Waals surface area contributed by atoms with Gasteiger partial charge in [0.2, 0.25) is 0 Å². The van der Waals surface area contributed by atoms with E-state index >= 15 is 0 Å². The number of rotatable bonds is 3. The first-order valence-electron chi connectivity index (χ1n) is 4.72. The van der Waals surface area contributed by atoms with Crippen LogP contribution >= 0.6 is 0 Å². The molecule has 0 aliphatic carbocycles. The van der Waals surface area contributed by atoms with E-state index in [4.69, 9.17) is 5.73 Å². The summed E-state index contributed by atoms with van der Waals surface area (Å²) in [5, 5.41) is 0. The second-order valence-corrected chi connectivity index (χ2v) is 3.86. The van der Waals surface area contributed by atoms with E-state index in [1.54, 1.807) is 17.0 Å². The zero-order chi connectivity index (χ0) is 10.7. The topological polar surface area (TPSA) is 29.3 Å². The SMILES string of the molecule is C[C@@H](N)Cc1ccc(N(C)C)c(F)c1. The van der Waals surface area contributed by atoms with E-state index in [1.807, 2.05) is 27.1 Å². The van der Waals surface area contributed by atoms with Gasteiger partial charge in [-0.25, -0.2) is 4.39 Å². The molecule has 0 unspecified atom stereocenters. The molecule has 0 spiro atoms. The van der Waals surface area contributed by atoms with Gasteiger partial charge in [-0.05, 0) is 31.0 Å². The van der Waals surface area contributed by atoms with Crippen molar-refractivity contribution in [2.75, 3.05) is 19.0 Å². The molecule has 2 N–H and O–H groups in total. The highest BCUT2D eigenvalue weighted by Crippen LogP contribution is 2.18. The molecule has 0 fully saturated rings. The molecule has 0 bridgehead atoms. The lowest BCUT2D eigenvalue weighted by molar-refractivity contribution is 0.621. The second-order valence-electron chi connectivity index (χ2n) is 3.86. The molecule has 2 nitrogen and oxygen atoms in total. The van der Waals surface area contributed by atoms with E-state index in [0.29, 0.717) is 12.1 Å². The number of hydrogen-bond donors (Lipinski definition) is 1. The van der Waals surface area contributed by atoms with Crippen molar-refractivity contribution in [2.45, 2.75) is 19.4 Å². The highest BCUT2D eigenvalue weighted by atomic mass is 19.1. The predicted octanol–water partition coefficient (Wildman–Crippen LogP) is 1.78. The largest absolute Gasteiger partial charge is 0.375 e. The first kappa shape index (κ1) is 11.0. The molecule has 0 aliphatic heterocycles. The zero-order valence-corrected chi connectivity index (χ0v) is 8.92. The molecule has 3 heteroatoms. The maximum Gasteiger partial charge on any atom is 0.146 e. The average molecular weight is 196 g/mol. The molecule has 1 aromatic carbocycles. The van der Waals surface area contributed by atoms with Crippen molar-refractivity contribution in [3.8, 4) is 0 Å². The number of nitrogens with two attached hydrogens (primary N) is 1. The third-order valence-corrected chi connectivity index (χ3v) is 2.05. The Kier molecular flexibility index (Phi) is 3.47. The van der Waals surface area contributed by atoms with Crippen LogP contribution < -0.4 is 10.6 Å². The van der Waals surface area contributed by atoms with Crippen LogP contribution in [0.1, 0.15) is 12.5 Å². The summed E-state index contributed by atoms with van der Waals surface area (Å²) in [6.07, 6.45) is 0.713. The van der Waals surface area contributed by atoms with Gasteiger partial charge >= 0.3 is 0 Å². The van der Waals surface area contributed by atoms with Crippen LogP contribution in [0.5, 0.6) is 0 Å². The van der Waals surface area contributed by atoms with E-state index < -0.39 is 0 Å². The first-order chi connectivity index (χ1) is 6.50. The van der Waals surface area contributed by atoms with E-state index in [-0.39, 0.29) is 11.9 Å². The minimum Gasteiger partial charge on any atom is -0.375 e. The summed E-state index contributed by atoms with van der Waals surface area (Å²) in [6.45, 7) is 1.91. The van der Waals surface area contributed by atoms with Crippen LogP contribution in [0.2, 0.25) is 0 Å². The molecule has 1 aromatic rings. The van der Waals surface area contributed by atoms with Crippen LogP contribution in [0.25, 0.3) is 0 Å². The molecule has 14 heavy (non-hydrogen) atoms. The van der Waals surface area contributed by atoms with Crippen LogP contribution in [0.3, 0.4) is 0 Å². The Morgan fingerprint density at radius 2 is 2.07 bits per heavy atom. The van der Waals surface area contributed by atoms with E-state index in [1.165, 1.54) is 0 Å². The van der Waals surface area contributed by atoms with Crippen molar-refractivity contribution in [2.24, 2.45) is 5.73 Å². The number of anilines is 1. The summed E-state index contributed by atoms with van der Waals surface area (Å²) in [4.78, 5) is 1.75. The van der Waals surface area contributed by atoms with Crippen molar-refractivity contribution in [3.63, 3.8) is 0 Å². The standard InChI is InChI=1S/C11H17FN2/c1-8(13)6-9-4-5-11(14(2)3)10(12)7-9/h4-5,7-8H,6,13H2,1-3H3/t8-/m1/s1. The number of halogens is 1. The maximum absolute atomic E-state index is 13.5. The highest BCUT2D eigenvalue weighted by molar-refractivity contribution is 5.47. The van der Waals surface area contributed by atoms with Gasteiger partial charge in [-0.1, -0.05) is 6.07 Å². The maximum atomic E-state index is 13.5. The van der Waals surface area contributed by atoms with Gasteiger partial charge in [0, 0.05) is 20.1 Å². The van der Waals surface area contributed by atoms with E-state index in [2.05, 4.69) is 0 Å². The quantitative estimate of drug-likeness (QED) is 0.798. The normalized spacial score (nSPS) is 12.6. The Morgan fingerprint density at radius 3 is 2.50 bits per heavy atom. The van der Waals surface area contributed by atoms with Gasteiger partial charge in [0.25, 0.3) is 0 Å². The molecule has 0 aliphatic rings. The Bertz CT molecular complexity index is 308. The van der Waals surface area contributed by atoms with E-state index in [9.17, 15) is 4.39 Å². The van der Waals surface area contributed by atoms with Crippen LogP contribution in [0.15, 0.2) is 18.2 Å². The summed E-state index contributed by atoms with van der Waals surface area (Å²) in [6, 6.07) is 5.33. The molecular weight excluding hydrogens is 179 g/mol. The number of benzene rings is 1. The molecule has 0 aromatic heterocycles. The lowest BCUT2D eigenvalue weighted by Crippen LogP contribution is -2.18. The van der Waals surface area contributed by atoms with Crippen molar-refractivity contribution in [1.82, 2.24) is 0 Å². The zero-order valence-electron chi connectivity index (χ0n) is 8.92. The van der Waals surface area contributed by atoms with Gasteiger partial charge in [-0.15, -0.1) is 0 Å². The van der Waals surface area contributed by atoms with Crippen LogP contribution in [-0.4, -0.2) is 20.1 Å². The van der Waals surface area contributed by atoms with Gasteiger partial charge in [0.1, 0.15) is 5.82 Å². The smallest absolute Gasteiger partial charge is 0.146 e. The third-order valence-electron chi connectivity index (χ3n) is 2.05. The van der Waals surface area contributed by atoms with Crippen LogP contribution in [0.4, 0.5) is 10.1 Å². The van der Waals surface area contributed by atoms with Gasteiger partial charge in [0.05, 0.1) is 5.69 Å². The van der Waals surface area contributed by atoms with Crippen LogP contribution in [-0.2, 0) is 6.42 Å². The Balaban J connectivity index is 2.89. The van der Waals surface area contributed by atoms with Gasteiger partial charge < -0.3 is 10.6 Å². The van der Waals surface area contributed by atoms with Crippen molar-refractivity contribution >= 4 is 5.69 Å². The summed E-state index contributed by atoms with van der Waals surface area (Å²) in [5.74, 6) is -0.187. The highest BCUT2D eigenvalue weighted by Gasteiger charge is 2.06. The number of hydrogen-bond acceptors (Lipinski definition) is 2. The predicted molar refractivity (Wildman–Crippen MR) is 58.1 cm³/mol. The molecule has 0 saturated heterocycles. The average Bonchev–Trinajstić information content (AvgIpc) is 2.01. The molecule has 1 rings (SSSR count). The van der Waals surface area contributed by atoms with Gasteiger partial charge in [-0.2, -0.15) is 0 Å². The van der Waals surface area contributed by atoms with Gasteiger partial charge in [-0.3, -0.25) is 0 Å². The fourth-order valence-corrected chi connectivity index (χ4v) is 1.41. The van der Waals surface area contributed by atoms with Gasteiger partial charge in [0.15, 0.2) is 0 Å². The Labute approximate surface area is 84.5 Å². The fraction of sp³-hybridized carbons (Fsp3) is 0.455. The first-order valence-corrected chi connectivity index (χ1v) is 4.72. The molecular formula is C11H17FN2. The monoisotopic (exact) mass is 196 g/mol. The molecule has 0 amide bonds. The lowest BCUT2D eigenvalue weighted by Gasteiger charge is -2.14.